The number of nitrogens with zero attached hydrogens (tertiary/aromatic N) is 1. The fraction of sp³-hybridized carbons (Fsp3) is 0.158. The Balaban J connectivity index is 1.57. The molecule has 3 rings (SSSR count). The summed E-state index contributed by atoms with van der Waals surface area (Å²) in [6.45, 7) is 1.74. The molecule has 2 aromatic carbocycles. The van der Waals surface area contributed by atoms with E-state index in [2.05, 4.69) is 27.5 Å². The molecule has 1 heterocycles. The van der Waals surface area contributed by atoms with Crippen molar-refractivity contribution in [2.24, 2.45) is 0 Å². The standard InChI is InChI=1S/C19H16F2INO/c20-16-6-4-14(5-7-16)13-24-19-8-9-23(12-18(19)22)11-15-2-1-3-17(21)10-15/h1-8,10,12H,9,11,13H2. The summed E-state index contributed by atoms with van der Waals surface area (Å²) in [7, 11) is 0. The zero-order valence-corrected chi connectivity index (χ0v) is 15.0. The molecule has 0 bridgehead atoms. The number of benzene rings is 2. The van der Waals surface area contributed by atoms with Crippen LogP contribution in [0.25, 0.3) is 0 Å². The van der Waals surface area contributed by atoms with Crippen molar-refractivity contribution < 1.29 is 13.5 Å². The van der Waals surface area contributed by atoms with E-state index in [0.717, 1.165) is 20.5 Å². The van der Waals surface area contributed by atoms with E-state index < -0.39 is 0 Å². The highest BCUT2D eigenvalue weighted by Crippen LogP contribution is 2.25. The molecule has 0 saturated heterocycles. The van der Waals surface area contributed by atoms with E-state index in [-0.39, 0.29) is 11.6 Å². The summed E-state index contributed by atoms with van der Waals surface area (Å²) in [6, 6.07) is 12.9. The van der Waals surface area contributed by atoms with Crippen LogP contribution in [0.15, 0.2) is 70.1 Å². The Kier molecular flexibility index (Phi) is 5.50. The van der Waals surface area contributed by atoms with Crippen molar-refractivity contribution in [1.82, 2.24) is 4.90 Å². The van der Waals surface area contributed by atoms with Gasteiger partial charge in [-0.25, -0.2) is 8.78 Å². The second kappa shape index (κ2) is 7.79. The molecule has 5 heteroatoms. The number of allylic oxidation sites excluding steroid dienone is 1. The van der Waals surface area contributed by atoms with Crippen LogP contribution in [0, 0.1) is 11.6 Å². The maximum Gasteiger partial charge on any atom is 0.132 e. The summed E-state index contributed by atoms with van der Waals surface area (Å²) in [5.41, 5.74) is 1.85. The van der Waals surface area contributed by atoms with Crippen LogP contribution in [0.3, 0.4) is 0 Å². The van der Waals surface area contributed by atoms with Crippen LogP contribution in [-0.4, -0.2) is 11.4 Å². The molecule has 1 aliphatic heterocycles. The smallest absolute Gasteiger partial charge is 0.132 e. The average molecular weight is 439 g/mol. The molecule has 24 heavy (non-hydrogen) atoms. The van der Waals surface area contributed by atoms with Crippen molar-refractivity contribution >= 4 is 22.6 Å². The Bertz CT molecular complexity index is 771. The second-order valence-corrected chi connectivity index (χ2v) is 6.68. The zero-order valence-electron chi connectivity index (χ0n) is 12.9. The van der Waals surface area contributed by atoms with Gasteiger partial charge in [-0.1, -0.05) is 24.3 Å². The van der Waals surface area contributed by atoms with E-state index in [1.807, 2.05) is 18.3 Å². The molecule has 1 aliphatic rings. The normalized spacial score (nSPS) is 14.2. The third-order valence-electron chi connectivity index (χ3n) is 3.62. The van der Waals surface area contributed by atoms with E-state index in [9.17, 15) is 8.78 Å². The van der Waals surface area contributed by atoms with Gasteiger partial charge in [0.2, 0.25) is 0 Å². The third kappa shape index (κ3) is 4.56. The molecule has 0 saturated carbocycles. The molecule has 2 nitrogen and oxygen atoms in total. The summed E-state index contributed by atoms with van der Waals surface area (Å²) in [6.07, 6.45) is 4.01. The minimum atomic E-state index is -0.252. The first-order chi connectivity index (χ1) is 11.6. The predicted octanol–water partition coefficient (Wildman–Crippen LogP) is 5.16. The topological polar surface area (TPSA) is 12.5 Å². The Morgan fingerprint density at radius 1 is 1.00 bits per heavy atom. The van der Waals surface area contributed by atoms with Crippen LogP contribution in [0.5, 0.6) is 0 Å². The SMILES string of the molecule is Fc1ccc(COC2=CCN(Cc3cccc(F)c3)C=C2I)cc1. The van der Waals surface area contributed by atoms with Gasteiger partial charge in [0.15, 0.2) is 0 Å². The lowest BCUT2D eigenvalue weighted by atomic mass is 10.2. The molecule has 124 valence electrons. The van der Waals surface area contributed by atoms with Gasteiger partial charge < -0.3 is 9.64 Å². The highest BCUT2D eigenvalue weighted by atomic mass is 127. The second-order valence-electron chi connectivity index (χ2n) is 5.52. The van der Waals surface area contributed by atoms with Gasteiger partial charge in [-0.3, -0.25) is 0 Å². The summed E-state index contributed by atoms with van der Waals surface area (Å²) < 4.78 is 33.0. The van der Waals surface area contributed by atoms with Gasteiger partial charge >= 0.3 is 0 Å². The van der Waals surface area contributed by atoms with Gasteiger partial charge in [0.25, 0.3) is 0 Å². The maximum atomic E-state index is 13.3. The van der Waals surface area contributed by atoms with Crippen LogP contribution in [-0.2, 0) is 17.9 Å². The number of hydrogen-bond acceptors (Lipinski definition) is 2. The van der Waals surface area contributed by atoms with Gasteiger partial charge in [-0.05, 0) is 64.1 Å². The fourth-order valence-corrected chi connectivity index (χ4v) is 3.19. The van der Waals surface area contributed by atoms with E-state index >= 15 is 0 Å². The van der Waals surface area contributed by atoms with Gasteiger partial charge in [0.05, 0.1) is 3.58 Å². The molecule has 0 aliphatic carbocycles. The molecule has 2 aromatic rings. The van der Waals surface area contributed by atoms with E-state index in [1.54, 1.807) is 24.3 Å². The van der Waals surface area contributed by atoms with Crippen LogP contribution >= 0.6 is 22.6 Å². The quantitative estimate of drug-likeness (QED) is 0.598. The van der Waals surface area contributed by atoms with Gasteiger partial charge in [-0.15, -0.1) is 0 Å². The molecular weight excluding hydrogens is 423 g/mol. The number of rotatable bonds is 5. The minimum Gasteiger partial charge on any atom is -0.488 e. The lowest BCUT2D eigenvalue weighted by Crippen LogP contribution is -2.21. The maximum absolute atomic E-state index is 13.3. The highest BCUT2D eigenvalue weighted by molar-refractivity contribution is 14.1. The van der Waals surface area contributed by atoms with Gasteiger partial charge in [0, 0.05) is 19.3 Å². The van der Waals surface area contributed by atoms with E-state index in [4.69, 9.17) is 4.74 Å². The Hall–Kier alpha value is -1.89. The summed E-state index contributed by atoms with van der Waals surface area (Å²) in [5, 5.41) is 0. The monoisotopic (exact) mass is 439 g/mol. The van der Waals surface area contributed by atoms with E-state index in [1.165, 1.54) is 18.2 Å². The van der Waals surface area contributed by atoms with Crippen LogP contribution in [0.2, 0.25) is 0 Å². The van der Waals surface area contributed by atoms with Crippen molar-refractivity contribution in [2.75, 3.05) is 6.54 Å². The molecule has 0 atom stereocenters. The van der Waals surface area contributed by atoms with Crippen molar-refractivity contribution in [2.45, 2.75) is 13.2 Å². The highest BCUT2D eigenvalue weighted by Gasteiger charge is 2.13. The zero-order chi connectivity index (χ0) is 16.9. The molecule has 0 aromatic heterocycles. The Morgan fingerprint density at radius 2 is 1.79 bits per heavy atom. The number of ether oxygens (including phenoxy) is 1. The lowest BCUT2D eigenvalue weighted by molar-refractivity contribution is 0.203. The van der Waals surface area contributed by atoms with Crippen LogP contribution in [0.4, 0.5) is 8.78 Å². The number of hydrogen-bond donors (Lipinski definition) is 0. The Labute approximate surface area is 153 Å². The van der Waals surface area contributed by atoms with E-state index in [0.29, 0.717) is 19.7 Å². The largest absolute Gasteiger partial charge is 0.488 e. The molecule has 0 fully saturated rings. The fourth-order valence-electron chi connectivity index (χ4n) is 2.42. The summed E-state index contributed by atoms with van der Waals surface area (Å²) in [4.78, 5) is 2.10. The minimum absolute atomic E-state index is 0.220. The van der Waals surface area contributed by atoms with Crippen LogP contribution < -0.4 is 0 Å². The first-order valence-electron chi connectivity index (χ1n) is 7.54. The molecule has 0 radical (unpaired) electrons. The predicted molar refractivity (Wildman–Crippen MR) is 98.2 cm³/mol. The van der Waals surface area contributed by atoms with Gasteiger partial charge in [0.1, 0.15) is 24.0 Å². The molecule has 0 unspecified atom stereocenters. The van der Waals surface area contributed by atoms with Crippen LogP contribution in [0.1, 0.15) is 11.1 Å². The summed E-state index contributed by atoms with van der Waals surface area (Å²) >= 11 is 2.22. The lowest BCUT2D eigenvalue weighted by Gasteiger charge is -2.25. The first kappa shape index (κ1) is 17.0. The van der Waals surface area contributed by atoms with Crippen molar-refractivity contribution in [3.63, 3.8) is 0 Å². The van der Waals surface area contributed by atoms with Crippen molar-refractivity contribution in [3.05, 3.63) is 92.9 Å². The average Bonchev–Trinajstić information content (AvgIpc) is 2.56. The number of halogens is 3. The summed E-state index contributed by atoms with van der Waals surface area (Å²) in [5.74, 6) is 0.343. The van der Waals surface area contributed by atoms with Crippen molar-refractivity contribution in [1.29, 1.82) is 0 Å². The van der Waals surface area contributed by atoms with Gasteiger partial charge in [-0.2, -0.15) is 0 Å². The third-order valence-corrected chi connectivity index (χ3v) is 4.43. The molecule has 0 amide bonds. The Morgan fingerprint density at radius 3 is 2.50 bits per heavy atom. The molecule has 0 N–H and O–H groups in total. The van der Waals surface area contributed by atoms with Crippen molar-refractivity contribution in [3.8, 4) is 0 Å². The molecular formula is C19H16F2INO. The first-order valence-corrected chi connectivity index (χ1v) is 8.61. The molecule has 0 spiro atoms.